The van der Waals surface area contributed by atoms with Crippen LogP contribution in [0.2, 0.25) is 0 Å². The molecular formula is C34H26F6O. The van der Waals surface area contributed by atoms with Crippen LogP contribution in [0.1, 0.15) is 66.8 Å². The average Bonchev–Trinajstić information content (AvgIpc) is 2.93. The number of benzene rings is 4. The molecule has 0 aliphatic carbocycles. The quantitative estimate of drug-likeness (QED) is 0.123. The molecule has 0 heterocycles. The SMILES string of the molecule is CCCCCCCc1ccc(C#Cc2ccc3c(F)c(C#Cc4cc(F)c(OC(F)(F)F)c(F)c4)ccc3c2)cc1. The molecule has 0 N–H and O–H groups in total. The topological polar surface area (TPSA) is 9.23 Å². The molecule has 0 atom stereocenters. The fourth-order valence-electron chi connectivity index (χ4n) is 4.28. The summed E-state index contributed by atoms with van der Waals surface area (Å²) in [5, 5.41) is 0.862. The van der Waals surface area contributed by atoms with Gasteiger partial charge < -0.3 is 4.74 Å². The first-order valence-electron chi connectivity index (χ1n) is 13.2. The highest BCUT2D eigenvalue weighted by atomic mass is 19.4. The van der Waals surface area contributed by atoms with Crippen molar-refractivity contribution < 1.29 is 31.1 Å². The number of hydrogen-bond acceptors (Lipinski definition) is 1. The molecule has 41 heavy (non-hydrogen) atoms. The van der Waals surface area contributed by atoms with Gasteiger partial charge in [-0.15, -0.1) is 13.2 Å². The van der Waals surface area contributed by atoms with Gasteiger partial charge in [0.1, 0.15) is 5.82 Å². The highest BCUT2D eigenvalue weighted by Gasteiger charge is 2.34. The van der Waals surface area contributed by atoms with E-state index in [1.807, 2.05) is 12.1 Å². The number of alkyl halides is 3. The minimum absolute atomic E-state index is 0.0433. The molecule has 0 saturated carbocycles. The van der Waals surface area contributed by atoms with Gasteiger partial charge in [-0.1, -0.05) is 80.6 Å². The minimum atomic E-state index is -5.26. The summed E-state index contributed by atoms with van der Waals surface area (Å²) in [6, 6.07) is 17.4. The highest BCUT2D eigenvalue weighted by molar-refractivity contribution is 5.86. The van der Waals surface area contributed by atoms with Gasteiger partial charge >= 0.3 is 6.36 Å². The van der Waals surface area contributed by atoms with Crippen molar-refractivity contribution in [2.24, 2.45) is 0 Å². The number of fused-ring (bicyclic) bond motifs is 1. The van der Waals surface area contributed by atoms with Crippen molar-refractivity contribution in [1.29, 1.82) is 0 Å². The fraction of sp³-hybridized carbons (Fsp3) is 0.235. The van der Waals surface area contributed by atoms with Crippen LogP contribution >= 0.6 is 0 Å². The molecule has 7 heteroatoms. The second kappa shape index (κ2) is 13.3. The Morgan fingerprint density at radius 3 is 1.98 bits per heavy atom. The van der Waals surface area contributed by atoms with E-state index in [1.54, 1.807) is 24.3 Å². The molecule has 0 aliphatic heterocycles. The molecule has 4 rings (SSSR count). The lowest BCUT2D eigenvalue weighted by Crippen LogP contribution is -2.19. The Kier molecular flexibility index (Phi) is 9.63. The van der Waals surface area contributed by atoms with E-state index < -0.39 is 29.6 Å². The predicted octanol–water partition coefficient (Wildman–Crippen LogP) is 9.47. The van der Waals surface area contributed by atoms with E-state index in [0.717, 1.165) is 12.0 Å². The van der Waals surface area contributed by atoms with Gasteiger partial charge in [0.2, 0.25) is 5.75 Å². The number of ether oxygens (including phenoxy) is 1. The maximum atomic E-state index is 15.1. The fourth-order valence-corrected chi connectivity index (χ4v) is 4.28. The monoisotopic (exact) mass is 564 g/mol. The molecule has 0 saturated heterocycles. The molecule has 0 amide bonds. The van der Waals surface area contributed by atoms with Crippen LogP contribution in [0, 0.1) is 41.1 Å². The zero-order chi connectivity index (χ0) is 29.4. The summed E-state index contributed by atoms with van der Waals surface area (Å²) in [7, 11) is 0. The van der Waals surface area contributed by atoms with Crippen LogP contribution in [0.25, 0.3) is 10.8 Å². The second-order valence-corrected chi connectivity index (χ2v) is 9.54. The molecule has 210 valence electrons. The zero-order valence-corrected chi connectivity index (χ0v) is 22.3. The van der Waals surface area contributed by atoms with E-state index in [2.05, 4.69) is 47.5 Å². The second-order valence-electron chi connectivity index (χ2n) is 9.54. The van der Waals surface area contributed by atoms with Crippen molar-refractivity contribution in [3.05, 3.63) is 112 Å². The molecule has 0 unspecified atom stereocenters. The summed E-state index contributed by atoms with van der Waals surface area (Å²) in [4.78, 5) is 0. The van der Waals surface area contributed by atoms with Crippen LogP contribution in [0.5, 0.6) is 5.75 Å². The van der Waals surface area contributed by atoms with Gasteiger partial charge in [0, 0.05) is 22.1 Å². The van der Waals surface area contributed by atoms with Crippen molar-refractivity contribution in [2.75, 3.05) is 0 Å². The Balaban J connectivity index is 1.47. The molecule has 0 aliphatic rings. The first kappa shape index (κ1) is 29.6. The van der Waals surface area contributed by atoms with Crippen LogP contribution in [0.3, 0.4) is 0 Å². The summed E-state index contributed by atoms with van der Waals surface area (Å²) >= 11 is 0. The third-order valence-electron chi connectivity index (χ3n) is 6.39. The predicted molar refractivity (Wildman–Crippen MR) is 148 cm³/mol. The number of rotatable bonds is 7. The maximum Gasteiger partial charge on any atom is 0.573 e. The summed E-state index contributed by atoms with van der Waals surface area (Å²) in [6.07, 6.45) is 2.00. The molecule has 0 spiro atoms. The van der Waals surface area contributed by atoms with Crippen molar-refractivity contribution >= 4 is 10.8 Å². The van der Waals surface area contributed by atoms with Crippen LogP contribution in [0.15, 0.2) is 66.7 Å². The molecule has 4 aromatic carbocycles. The number of unbranched alkanes of at least 4 members (excludes halogenated alkanes) is 4. The van der Waals surface area contributed by atoms with Gasteiger partial charge in [0.05, 0.1) is 5.56 Å². The number of hydrogen-bond donors (Lipinski definition) is 0. The van der Waals surface area contributed by atoms with E-state index in [4.69, 9.17) is 0 Å². The summed E-state index contributed by atoms with van der Waals surface area (Å²) in [6.45, 7) is 2.20. The lowest BCUT2D eigenvalue weighted by Gasteiger charge is -2.10. The molecular weight excluding hydrogens is 538 g/mol. The Morgan fingerprint density at radius 2 is 1.29 bits per heavy atom. The van der Waals surface area contributed by atoms with Crippen molar-refractivity contribution in [3.63, 3.8) is 0 Å². The Hall–Kier alpha value is -4.36. The highest BCUT2D eigenvalue weighted by Crippen LogP contribution is 2.29. The molecule has 4 aromatic rings. The van der Waals surface area contributed by atoms with Crippen molar-refractivity contribution in [2.45, 2.75) is 51.8 Å². The minimum Gasteiger partial charge on any atom is -0.399 e. The van der Waals surface area contributed by atoms with Crippen LogP contribution in [-0.4, -0.2) is 6.36 Å². The molecule has 0 aromatic heterocycles. The molecule has 0 bridgehead atoms. The first-order valence-corrected chi connectivity index (χ1v) is 13.2. The van der Waals surface area contributed by atoms with Crippen molar-refractivity contribution in [1.82, 2.24) is 0 Å². The Morgan fingerprint density at radius 1 is 0.659 bits per heavy atom. The zero-order valence-electron chi connectivity index (χ0n) is 22.3. The van der Waals surface area contributed by atoms with Gasteiger partial charge in [-0.2, -0.15) is 0 Å². The summed E-state index contributed by atoms with van der Waals surface area (Å²) in [5.74, 6) is 5.72. The Bertz CT molecular complexity index is 1620. The van der Waals surface area contributed by atoms with Crippen molar-refractivity contribution in [3.8, 4) is 29.4 Å². The summed E-state index contributed by atoms with van der Waals surface area (Å²) < 4.78 is 83.4. The van der Waals surface area contributed by atoms with E-state index in [1.165, 1.54) is 43.7 Å². The van der Waals surface area contributed by atoms with Gasteiger partial charge in [-0.25, -0.2) is 13.2 Å². The lowest BCUT2D eigenvalue weighted by atomic mass is 10.0. The molecule has 1 nitrogen and oxygen atoms in total. The van der Waals surface area contributed by atoms with Gasteiger partial charge in [-0.3, -0.25) is 0 Å². The smallest absolute Gasteiger partial charge is 0.399 e. The van der Waals surface area contributed by atoms with Crippen LogP contribution in [-0.2, 0) is 6.42 Å². The molecule has 0 fully saturated rings. The average molecular weight is 565 g/mol. The first-order chi connectivity index (χ1) is 19.6. The largest absolute Gasteiger partial charge is 0.573 e. The van der Waals surface area contributed by atoms with Gasteiger partial charge in [0.25, 0.3) is 0 Å². The normalized spacial score (nSPS) is 11.0. The third-order valence-corrected chi connectivity index (χ3v) is 6.39. The number of halogens is 6. The maximum absolute atomic E-state index is 15.1. The third kappa shape index (κ3) is 8.32. The van der Waals surface area contributed by atoms with Gasteiger partial charge in [0.15, 0.2) is 11.6 Å². The van der Waals surface area contributed by atoms with E-state index in [0.29, 0.717) is 23.1 Å². The number of aryl methyl sites for hydroxylation is 1. The summed E-state index contributed by atoms with van der Waals surface area (Å²) in [5.41, 5.74) is 2.54. The van der Waals surface area contributed by atoms with E-state index in [-0.39, 0.29) is 16.5 Å². The Labute approximate surface area is 235 Å². The van der Waals surface area contributed by atoms with Crippen LogP contribution < -0.4 is 4.74 Å². The lowest BCUT2D eigenvalue weighted by molar-refractivity contribution is -0.276. The standard InChI is InChI=1S/C34H26F6O/c1-2-3-4-5-6-7-23-8-10-24(11-9-23)12-13-25-15-19-29-28(20-25)18-17-27(32(29)37)16-14-26-21-30(35)33(31(36)22-26)41-34(38,39)40/h8-11,15,17-22H,2-7H2,1H3. The van der Waals surface area contributed by atoms with Gasteiger partial charge in [-0.05, 0) is 66.3 Å². The van der Waals surface area contributed by atoms with E-state index in [9.17, 15) is 22.0 Å². The van der Waals surface area contributed by atoms with Crippen LogP contribution in [0.4, 0.5) is 26.3 Å². The molecule has 0 radical (unpaired) electrons. The van der Waals surface area contributed by atoms with E-state index >= 15 is 4.39 Å².